The molecule has 0 aromatic carbocycles. The van der Waals surface area contributed by atoms with Crippen LogP contribution in [0, 0.1) is 5.92 Å². The van der Waals surface area contributed by atoms with Gasteiger partial charge >= 0.3 is 0 Å². The van der Waals surface area contributed by atoms with E-state index in [-0.39, 0.29) is 18.1 Å². The number of carbonyl (C=O) groups excluding carboxylic acids is 1. The number of fused-ring (bicyclic) bond motifs is 1. The van der Waals surface area contributed by atoms with Gasteiger partial charge in [0.15, 0.2) is 0 Å². The van der Waals surface area contributed by atoms with Crippen LogP contribution in [0.25, 0.3) is 0 Å². The number of hydrogen-bond acceptors (Lipinski definition) is 5. The van der Waals surface area contributed by atoms with Crippen LogP contribution in [-0.4, -0.2) is 41.1 Å². The Kier molecular flexibility index (Phi) is 5.10. The second-order valence-corrected chi connectivity index (χ2v) is 7.83. The van der Waals surface area contributed by atoms with Crippen molar-refractivity contribution in [1.82, 2.24) is 15.2 Å². The molecule has 2 fully saturated rings. The van der Waals surface area contributed by atoms with Crippen molar-refractivity contribution in [1.29, 1.82) is 0 Å². The predicted octanol–water partition coefficient (Wildman–Crippen LogP) is 2.44. The molecule has 4 rings (SSSR count). The van der Waals surface area contributed by atoms with Crippen LogP contribution < -0.4 is 5.32 Å². The summed E-state index contributed by atoms with van der Waals surface area (Å²) in [6.45, 7) is 3.38. The highest BCUT2D eigenvalue weighted by Gasteiger charge is 2.41. The molecule has 0 spiro atoms. The number of nitrogens with zero attached hydrogens (tertiary/aromatic N) is 2. The van der Waals surface area contributed by atoms with Gasteiger partial charge in [0.25, 0.3) is 0 Å². The number of aromatic nitrogens is 1. The third-order valence-corrected chi connectivity index (χ3v) is 5.93. The summed E-state index contributed by atoms with van der Waals surface area (Å²) in [5, 5.41) is 5.04. The van der Waals surface area contributed by atoms with E-state index in [2.05, 4.69) is 21.3 Å². The van der Waals surface area contributed by atoms with Gasteiger partial charge in [-0.25, -0.2) is 0 Å². The summed E-state index contributed by atoms with van der Waals surface area (Å²) in [4.78, 5) is 20.4. The number of rotatable bonds is 5. The number of piperidine rings is 1. The van der Waals surface area contributed by atoms with Gasteiger partial charge in [-0.15, -0.1) is 11.3 Å². The molecular formula is C19H23N3O2S. The monoisotopic (exact) mass is 357 g/mol. The van der Waals surface area contributed by atoms with E-state index in [1.807, 2.05) is 35.8 Å². The van der Waals surface area contributed by atoms with E-state index in [1.165, 1.54) is 4.88 Å². The molecule has 1 N–H and O–H groups in total. The topological polar surface area (TPSA) is 54.5 Å². The third kappa shape index (κ3) is 4.08. The first-order chi connectivity index (χ1) is 12.3. The molecule has 1 amide bonds. The minimum absolute atomic E-state index is 0.0269. The Labute approximate surface area is 152 Å². The lowest BCUT2D eigenvalue weighted by Crippen LogP contribution is -2.42. The molecular weight excluding hydrogens is 334 g/mol. The molecule has 25 heavy (non-hydrogen) atoms. The first-order valence-corrected chi connectivity index (χ1v) is 9.74. The van der Waals surface area contributed by atoms with Crippen LogP contribution in [0.1, 0.15) is 23.4 Å². The smallest absolute Gasteiger partial charge is 0.249 e. The Morgan fingerprint density at radius 3 is 3.12 bits per heavy atom. The summed E-state index contributed by atoms with van der Waals surface area (Å²) in [5.74, 6) is 0.525. The number of amides is 1. The Morgan fingerprint density at radius 2 is 2.32 bits per heavy atom. The van der Waals surface area contributed by atoms with Crippen molar-refractivity contribution in [3.63, 3.8) is 0 Å². The highest BCUT2D eigenvalue weighted by Crippen LogP contribution is 2.33. The van der Waals surface area contributed by atoms with E-state index >= 15 is 0 Å². The Morgan fingerprint density at radius 1 is 1.36 bits per heavy atom. The first kappa shape index (κ1) is 16.7. The van der Waals surface area contributed by atoms with Gasteiger partial charge in [0, 0.05) is 24.2 Å². The minimum Gasteiger partial charge on any atom is -0.364 e. The number of carbonyl (C=O) groups is 1. The molecule has 0 unspecified atom stereocenters. The summed E-state index contributed by atoms with van der Waals surface area (Å²) in [7, 11) is 0. The lowest BCUT2D eigenvalue weighted by Gasteiger charge is -2.33. The number of pyridine rings is 1. The lowest BCUT2D eigenvalue weighted by atomic mass is 9.91. The van der Waals surface area contributed by atoms with Crippen molar-refractivity contribution in [2.75, 3.05) is 13.1 Å². The van der Waals surface area contributed by atoms with Crippen LogP contribution >= 0.6 is 11.3 Å². The highest BCUT2D eigenvalue weighted by atomic mass is 32.1. The fourth-order valence-corrected chi connectivity index (χ4v) is 4.37. The van der Waals surface area contributed by atoms with Gasteiger partial charge in [-0.2, -0.15) is 0 Å². The molecule has 3 atom stereocenters. The van der Waals surface area contributed by atoms with E-state index in [0.717, 1.165) is 38.2 Å². The molecule has 6 heteroatoms. The fourth-order valence-electron chi connectivity index (χ4n) is 3.73. The van der Waals surface area contributed by atoms with Crippen molar-refractivity contribution in [3.05, 3.63) is 52.5 Å². The van der Waals surface area contributed by atoms with Crippen LogP contribution in [0.15, 0.2) is 41.9 Å². The number of thiophene rings is 1. The molecule has 2 aromatic rings. The molecule has 0 saturated carbocycles. The molecule has 132 valence electrons. The summed E-state index contributed by atoms with van der Waals surface area (Å²) >= 11 is 1.66. The third-order valence-electron chi connectivity index (χ3n) is 5.06. The van der Waals surface area contributed by atoms with Gasteiger partial charge in [-0.05, 0) is 48.9 Å². The molecule has 2 aromatic heterocycles. The molecule has 2 saturated heterocycles. The maximum absolute atomic E-state index is 12.4. The average molecular weight is 357 g/mol. The van der Waals surface area contributed by atoms with Gasteiger partial charge in [0.1, 0.15) is 6.10 Å². The zero-order valence-electron chi connectivity index (χ0n) is 14.1. The van der Waals surface area contributed by atoms with Crippen molar-refractivity contribution in [3.8, 4) is 0 Å². The maximum Gasteiger partial charge on any atom is 0.249 e. The second kappa shape index (κ2) is 7.64. The second-order valence-electron chi connectivity index (χ2n) is 6.80. The number of nitrogens with one attached hydrogen (secondary N) is 1. The van der Waals surface area contributed by atoms with Gasteiger partial charge in [-0.1, -0.05) is 12.1 Å². The van der Waals surface area contributed by atoms with Gasteiger partial charge < -0.3 is 10.1 Å². The van der Waals surface area contributed by atoms with Gasteiger partial charge in [0.2, 0.25) is 5.91 Å². The summed E-state index contributed by atoms with van der Waals surface area (Å²) in [5.41, 5.74) is 1.09. The predicted molar refractivity (Wildman–Crippen MR) is 97.1 cm³/mol. The standard InChI is InChI=1S/C19H23N3O2S/c23-19(21-11-16-5-3-9-25-16)17-10-14-6-8-22(13-18(14)24-17)12-15-4-1-2-7-20-15/h1-5,7,9,14,17-18H,6,8,10-13H2,(H,21,23)/t14-,17-,18+/m0/s1. The summed E-state index contributed by atoms with van der Waals surface area (Å²) in [6, 6.07) is 10.1. The van der Waals surface area contributed by atoms with E-state index in [4.69, 9.17) is 4.74 Å². The van der Waals surface area contributed by atoms with Crippen LogP contribution in [-0.2, 0) is 22.6 Å². The van der Waals surface area contributed by atoms with Crippen molar-refractivity contribution < 1.29 is 9.53 Å². The minimum atomic E-state index is -0.301. The van der Waals surface area contributed by atoms with E-state index in [9.17, 15) is 4.79 Å². The quantitative estimate of drug-likeness (QED) is 0.893. The molecule has 2 aliphatic heterocycles. The van der Waals surface area contributed by atoms with Crippen molar-refractivity contribution >= 4 is 17.2 Å². The van der Waals surface area contributed by atoms with Crippen molar-refractivity contribution in [2.24, 2.45) is 5.92 Å². The number of hydrogen-bond donors (Lipinski definition) is 1. The number of likely N-dealkylation sites (tertiary alicyclic amines) is 1. The lowest BCUT2D eigenvalue weighted by molar-refractivity contribution is -0.133. The van der Waals surface area contributed by atoms with E-state index in [1.54, 1.807) is 11.3 Å². The van der Waals surface area contributed by atoms with Gasteiger partial charge in [-0.3, -0.25) is 14.7 Å². The van der Waals surface area contributed by atoms with Crippen LogP contribution in [0.4, 0.5) is 0 Å². The molecule has 0 aliphatic carbocycles. The average Bonchev–Trinajstić information content (AvgIpc) is 3.30. The first-order valence-electron chi connectivity index (χ1n) is 8.86. The zero-order valence-corrected chi connectivity index (χ0v) is 15.0. The Bertz CT molecular complexity index is 692. The highest BCUT2D eigenvalue weighted by molar-refractivity contribution is 7.09. The SMILES string of the molecule is O=C(NCc1cccs1)[C@@H]1C[C@@H]2CCN(Cc3ccccn3)C[C@H]2O1. The molecule has 2 aliphatic rings. The summed E-state index contributed by atoms with van der Waals surface area (Å²) in [6.07, 6.45) is 3.63. The van der Waals surface area contributed by atoms with E-state index < -0.39 is 0 Å². The molecule has 0 radical (unpaired) electrons. The largest absolute Gasteiger partial charge is 0.364 e. The van der Waals surface area contributed by atoms with E-state index in [0.29, 0.717) is 12.5 Å². The zero-order chi connectivity index (χ0) is 17.1. The number of ether oxygens (including phenoxy) is 1. The summed E-state index contributed by atoms with van der Waals surface area (Å²) < 4.78 is 6.09. The molecule has 5 nitrogen and oxygen atoms in total. The normalized spacial score (nSPS) is 26.3. The van der Waals surface area contributed by atoms with Crippen LogP contribution in [0.2, 0.25) is 0 Å². The van der Waals surface area contributed by atoms with Gasteiger partial charge in [0.05, 0.1) is 18.3 Å². The Balaban J connectivity index is 1.28. The Hall–Kier alpha value is -1.76. The maximum atomic E-state index is 12.4. The fraction of sp³-hybridized carbons (Fsp3) is 0.474. The van der Waals surface area contributed by atoms with Crippen molar-refractivity contribution in [2.45, 2.75) is 38.1 Å². The molecule has 0 bridgehead atoms. The van der Waals surface area contributed by atoms with Crippen LogP contribution in [0.5, 0.6) is 0 Å². The van der Waals surface area contributed by atoms with Crippen LogP contribution in [0.3, 0.4) is 0 Å². The molecule has 4 heterocycles.